The van der Waals surface area contributed by atoms with Crippen LogP contribution in [0.2, 0.25) is 0 Å². The van der Waals surface area contributed by atoms with Crippen LogP contribution >= 0.6 is 12.4 Å². The van der Waals surface area contributed by atoms with Crippen molar-refractivity contribution in [1.29, 1.82) is 0 Å². The van der Waals surface area contributed by atoms with E-state index in [1.54, 1.807) is 0 Å². The van der Waals surface area contributed by atoms with E-state index in [0.29, 0.717) is 19.6 Å². The normalized spacial score (nSPS) is 20.2. The van der Waals surface area contributed by atoms with E-state index in [2.05, 4.69) is 5.32 Å². The molecule has 0 unspecified atom stereocenters. The molecule has 1 aromatic carbocycles. The van der Waals surface area contributed by atoms with Gasteiger partial charge < -0.3 is 10.1 Å². The zero-order valence-electron chi connectivity index (χ0n) is 11.3. The molecule has 114 valence electrons. The van der Waals surface area contributed by atoms with Gasteiger partial charge in [0.1, 0.15) is 0 Å². The van der Waals surface area contributed by atoms with Gasteiger partial charge in [0.05, 0.1) is 12.0 Å². The van der Waals surface area contributed by atoms with Crippen LogP contribution < -0.4 is 10.1 Å². The maximum absolute atomic E-state index is 13.6. The van der Waals surface area contributed by atoms with E-state index in [0.717, 1.165) is 6.07 Å². The first kappa shape index (κ1) is 17.2. The molecular formula is C12H18ClFN2O3S. The number of piperazine rings is 1. The van der Waals surface area contributed by atoms with Crippen LogP contribution in [0.1, 0.15) is 6.92 Å². The van der Waals surface area contributed by atoms with Crippen LogP contribution in [0.4, 0.5) is 4.39 Å². The number of sulfonamides is 1. The Hall–Kier alpha value is -0.890. The molecule has 1 N–H and O–H groups in total. The summed E-state index contributed by atoms with van der Waals surface area (Å²) in [5.74, 6) is -0.639. The Balaban J connectivity index is 0.00000200. The Labute approximate surface area is 124 Å². The van der Waals surface area contributed by atoms with Crippen LogP contribution in [0.25, 0.3) is 0 Å². The molecule has 1 aliphatic rings. The highest BCUT2D eigenvalue weighted by Crippen LogP contribution is 2.23. The zero-order valence-corrected chi connectivity index (χ0v) is 12.9. The first-order valence-electron chi connectivity index (χ1n) is 6.02. The molecule has 1 aromatic rings. The SMILES string of the molecule is COc1ccc(S(=O)(=O)N2CCN[C@H](C)C2)cc1F.Cl. The third-order valence-electron chi connectivity index (χ3n) is 3.09. The molecule has 1 atom stereocenters. The zero-order chi connectivity index (χ0) is 14.0. The molecule has 0 aromatic heterocycles. The molecule has 0 aliphatic carbocycles. The number of nitrogens with one attached hydrogen (secondary N) is 1. The third-order valence-corrected chi connectivity index (χ3v) is 4.95. The summed E-state index contributed by atoms with van der Waals surface area (Å²) in [6, 6.07) is 3.78. The van der Waals surface area contributed by atoms with Crippen LogP contribution in [0.5, 0.6) is 5.75 Å². The van der Waals surface area contributed by atoms with Gasteiger partial charge in [-0.2, -0.15) is 4.31 Å². The van der Waals surface area contributed by atoms with E-state index in [1.165, 1.54) is 23.5 Å². The van der Waals surface area contributed by atoms with Crippen LogP contribution in [0.3, 0.4) is 0 Å². The number of ether oxygens (including phenoxy) is 1. The molecule has 0 amide bonds. The standard InChI is InChI=1S/C12H17FN2O3S.ClH/c1-9-8-15(6-5-14-9)19(16,17)10-3-4-12(18-2)11(13)7-10;/h3-4,7,9,14H,5-6,8H2,1-2H3;1H/t9-;/m1./s1. The summed E-state index contributed by atoms with van der Waals surface area (Å²) in [5.41, 5.74) is 0. The molecule has 0 bridgehead atoms. The molecule has 1 saturated heterocycles. The average Bonchev–Trinajstić information content (AvgIpc) is 2.38. The van der Waals surface area contributed by atoms with Crippen molar-refractivity contribution in [1.82, 2.24) is 9.62 Å². The summed E-state index contributed by atoms with van der Waals surface area (Å²) in [4.78, 5) is -0.0418. The van der Waals surface area contributed by atoms with E-state index in [9.17, 15) is 12.8 Å². The van der Waals surface area contributed by atoms with Crippen LogP contribution in [0, 0.1) is 5.82 Å². The minimum atomic E-state index is -3.64. The Kier molecular flexibility index (Phi) is 5.76. The van der Waals surface area contributed by atoms with Crippen molar-refractivity contribution >= 4 is 22.4 Å². The van der Waals surface area contributed by atoms with Gasteiger partial charge in [0.2, 0.25) is 10.0 Å². The second kappa shape index (κ2) is 6.71. The minimum Gasteiger partial charge on any atom is -0.494 e. The number of rotatable bonds is 3. The molecule has 20 heavy (non-hydrogen) atoms. The Morgan fingerprint density at radius 2 is 2.15 bits per heavy atom. The summed E-state index contributed by atoms with van der Waals surface area (Å²) in [6.07, 6.45) is 0. The lowest BCUT2D eigenvalue weighted by molar-refractivity contribution is 0.310. The predicted octanol–water partition coefficient (Wildman–Crippen LogP) is 1.24. The molecule has 1 fully saturated rings. The smallest absolute Gasteiger partial charge is 0.243 e. The van der Waals surface area contributed by atoms with Gasteiger partial charge in [0, 0.05) is 25.7 Å². The van der Waals surface area contributed by atoms with Crippen LogP contribution in [-0.2, 0) is 10.0 Å². The van der Waals surface area contributed by atoms with Crippen molar-refractivity contribution in [2.75, 3.05) is 26.7 Å². The summed E-state index contributed by atoms with van der Waals surface area (Å²) in [7, 11) is -2.31. The predicted molar refractivity (Wildman–Crippen MR) is 76.4 cm³/mol. The Bertz CT molecular complexity index is 568. The number of benzene rings is 1. The minimum absolute atomic E-state index is 0. The summed E-state index contributed by atoms with van der Waals surface area (Å²) in [5, 5.41) is 3.16. The highest BCUT2D eigenvalue weighted by molar-refractivity contribution is 7.89. The molecule has 8 heteroatoms. The number of hydrogen-bond acceptors (Lipinski definition) is 4. The highest BCUT2D eigenvalue weighted by Gasteiger charge is 2.29. The van der Waals surface area contributed by atoms with E-state index in [1.807, 2.05) is 6.92 Å². The fourth-order valence-electron chi connectivity index (χ4n) is 2.07. The molecule has 2 rings (SSSR count). The molecule has 1 aliphatic heterocycles. The van der Waals surface area contributed by atoms with Crippen LogP contribution in [0.15, 0.2) is 23.1 Å². The topological polar surface area (TPSA) is 58.6 Å². The highest BCUT2D eigenvalue weighted by atomic mass is 35.5. The number of halogens is 2. The van der Waals surface area contributed by atoms with Gasteiger partial charge >= 0.3 is 0 Å². The maximum atomic E-state index is 13.6. The lowest BCUT2D eigenvalue weighted by Gasteiger charge is -2.31. The monoisotopic (exact) mass is 324 g/mol. The molecule has 0 spiro atoms. The van der Waals surface area contributed by atoms with Gasteiger partial charge in [-0.1, -0.05) is 0 Å². The number of methoxy groups -OCH3 is 1. The largest absolute Gasteiger partial charge is 0.494 e. The van der Waals surface area contributed by atoms with Crippen LogP contribution in [-0.4, -0.2) is 45.5 Å². The lowest BCUT2D eigenvalue weighted by Crippen LogP contribution is -2.51. The molecule has 0 saturated carbocycles. The summed E-state index contributed by atoms with van der Waals surface area (Å²) >= 11 is 0. The van der Waals surface area contributed by atoms with Crippen molar-refractivity contribution < 1.29 is 17.5 Å². The number of nitrogens with zero attached hydrogens (tertiary/aromatic N) is 1. The van der Waals surface area contributed by atoms with E-state index < -0.39 is 15.8 Å². The van der Waals surface area contributed by atoms with Gasteiger partial charge in [0.15, 0.2) is 11.6 Å². The first-order chi connectivity index (χ1) is 8.95. The fourth-order valence-corrected chi connectivity index (χ4v) is 3.61. The van der Waals surface area contributed by atoms with Gasteiger partial charge in [-0.3, -0.25) is 0 Å². The fraction of sp³-hybridized carbons (Fsp3) is 0.500. The van der Waals surface area contributed by atoms with E-state index in [-0.39, 0.29) is 29.1 Å². The summed E-state index contributed by atoms with van der Waals surface area (Å²) in [6.45, 7) is 3.28. The number of hydrogen-bond donors (Lipinski definition) is 1. The quantitative estimate of drug-likeness (QED) is 0.909. The van der Waals surface area contributed by atoms with Gasteiger partial charge in [-0.15, -0.1) is 12.4 Å². The molecular weight excluding hydrogens is 307 g/mol. The summed E-state index contributed by atoms with van der Waals surface area (Å²) < 4.78 is 44.5. The Morgan fingerprint density at radius 3 is 2.70 bits per heavy atom. The second-order valence-corrected chi connectivity index (χ2v) is 6.45. The molecule has 0 radical (unpaired) electrons. The van der Waals surface area contributed by atoms with Gasteiger partial charge in [-0.05, 0) is 25.1 Å². The van der Waals surface area contributed by atoms with Gasteiger partial charge in [-0.25, -0.2) is 12.8 Å². The maximum Gasteiger partial charge on any atom is 0.243 e. The van der Waals surface area contributed by atoms with E-state index in [4.69, 9.17) is 4.74 Å². The molecule has 5 nitrogen and oxygen atoms in total. The van der Waals surface area contributed by atoms with Gasteiger partial charge in [0.25, 0.3) is 0 Å². The Morgan fingerprint density at radius 1 is 1.45 bits per heavy atom. The van der Waals surface area contributed by atoms with Crippen molar-refractivity contribution in [2.24, 2.45) is 0 Å². The first-order valence-corrected chi connectivity index (χ1v) is 7.46. The molecule has 1 heterocycles. The van der Waals surface area contributed by atoms with Crippen molar-refractivity contribution in [3.8, 4) is 5.75 Å². The van der Waals surface area contributed by atoms with Crippen molar-refractivity contribution in [2.45, 2.75) is 17.9 Å². The van der Waals surface area contributed by atoms with Crippen molar-refractivity contribution in [3.63, 3.8) is 0 Å². The van der Waals surface area contributed by atoms with Crippen molar-refractivity contribution in [3.05, 3.63) is 24.0 Å². The van der Waals surface area contributed by atoms with E-state index >= 15 is 0 Å². The second-order valence-electron chi connectivity index (χ2n) is 4.51. The third kappa shape index (κ3) is 3.41. The lowest BCUT2D eigenvalue weighted by atomic mass is 10.3. The average molecular weight is 325 g/mol.